The average Bonchev–Trinajstić information content (AvgIpc) is 3.09. The lowest BCUT2D eigenvalue weighted by molar-refractivity contribution is 0.135. The minimum Gasteiger partial charge on any atom is -0.356 e. The van der Waals surface area contributed by atoms with Crippen molar-refractivity contribution in [3.05, 3.63) is 12.4 Å². The summed E-state index contributed by atoms with van der Waals surface area (Å²) in [5.74, 6) is 0. The minimum absolute atomic E-state index is 0.646. The van der Waals surface area contributed by atoms with Gasteiger partial charge in [0, 0.05) is 25.5 Å². The van der Waals surface area contributed by atoms with E-state index in [1.54, 1.807) is 0 Å². The Labute approximate surface area is 178 Å². The molecule has 0 aromatic heterocycles. The van der Waals surface area contributed by atoms with Crippen LogP contribution in [0.4, 0.5) is 0 Å². The first-order valence-electron chi connectivity index (χ1n) is 13.0. The maximum atomic E-state index is 2.66. The Kier molecular flexibility index (Phi) is 16.7. The molecule has 1 rings (SSSR count). The molecule has 0 aliphatic carbocycles. The highest BCUT2D eigenvalue weighted by atomic mass is 15.4. The molecule has 0 fully saturated rings. The smallest absolute Gasteiger partial charge is 0.101 e. The molecule has 0 aromatic carbocycles. The molecule has 0 aromatic rings. The molecule has 0 saturated heterocycles. The Morgan fingerprint density at radius 1 is 0.464 bits per heavy atom. The van der Waals surface area contributed by atoms with Gasteiger partial charge >= 0.3 is 0 Å². The molecular formula is C26H52N2. The predicted molar refractivity (Wildman–Crippen MR) is 126 cm³/mol. The Bertz CT molecular complexity index is 352. The molecule has 166 valence electrons. The highest BCUT2D eigenvalue weighted by molar-refractivity contribution is 4.96. The van der Waals surface area contributed by atoms with Crippen LogP contribution in [0, 0.1) is 0 Å². The Balaban J connectivity index is 2.28. The van der Waals surface area contributed by atoms with Gasteiger partial charge in [-0.2, -0.15) is 0 Å². The third-order valence-electron chi connectivity index (χ3n) is 6.32. The van der Waals surface area contributed by atoms with Crippen LogP contribution >= 0.6 is 0 Å². The van der Waals surface area contributed by atoms with Crippen LogP contribution < -0.4 is 0 Å². The average molecular weight is 393 g/mol. The third-order valence-corrected chi connectivity index (χ3v) is 6.32. The number of nitrogens with zero attached hydrogens (tertiary/aromatic N) is 2. The second-order valence-corrected chi connectivity index (χ2v) is 8.99. The van der Waals surface area contributed by atoms with Crippen molar-refractivity contribution in [2.45, 2.75) is 143 Å². The lowest BCUT2D eigenvalue weighted by atomic mass is 10.1. The Morgan fingerprint density at radius 3 is 1.25 bits per heavy atom. The van der Waals surface area contributed by atoms with E-state index in [0.717, 1.165) is 0 Å². The van der Waals surface area contributed by atoms with Crippen LogP contribution in [0.15, 0.2) is 12.4 Å². The van der Waals surface area contributed by atoms with Crippen molar-refractivity contribution in [1.82, 2.24) is 9.80 Å². The fraction of sp³-hybridized carbons (Fsp3) is 0.923. The number of hydrogen-bond acceptors (Lipinski definition) is 2. The summed E-state index contributed by atoms with van der Waals surface area (Å²) in [6.45, 7) is 9.44. The fourth-order valence-corrected chi connectivity index (χ4v) is 4.42. The van der Waals surface area contributed by atoms with Crippen LogP contribution in [0.5, 0.6) is 0 Å². The molecule has 1 aliphatic rings. The van der Waals surface area contributed by atoms with E-state index in [2.05, 4.69) is 43.0 Å². The molecule has 0 N–H and O–H groups in total. The van der Waals surface area contributed by atoms with Crippen molar-refractivity contribution < 1.29 is 0 Å². The molecule has 2 nitrogen and oxygen atoms in total. The SMILES string of the molecule is CCCCCCCCCN1C=CN(CCCCCCCC)C1CCCCCC. The van der Waals surface area contributed by atoms with Crippen LogP contribution in [-0.4, -0.2) is 29.1 Å². The fourth-order valence-electron chi connectivity index (χ4n) is 4.42. The standard InChI is InChI=1S/C26H52N2/c1-4-7-10-13-15-17-20-23-28-25-24-27(22-19-16-14-11-8-5-2)26(28)21-18-12-9-6-3/h24-26H,4-23H2,1-3H3. The zero-order chi connectivity index (χ0) is 20.3. The van der Waals surface area contributed by atoms with Crippen LogP contribution in [0.1, 0.15) is 136 Å². The van der Waals surface area contributed by atoms with E-state index in [4.69, 9.17) is 0 Å². The molecular weight excluding hydrogens is 340 g/mol. The summed E-state index contributed by atoms with van der Waals surface area (Å²) in [6.07, 6.45) is 30.6. The van der Waals surface area contributed by atoms with Gasteiger partial charge in [-0.1, -0.05) is 111 Å². The molecule has 0 radical (unpaired) electrons. The zero-order valence-electron chi connectivity index (χ0n) is 19.8. The van der Waals surface area contributed by atoms with Gasteiger partial charge in [0.15, 0.2) is 0 Å². The second-order valence-electron chi connectivity index (χ2n) is 8.99. The second kappa shape index (κ2) is 18.4. The van der Waals surface area contributed by atoms with E-state index in [1.807, 2.05) is 0 Å². The van der Waals surface area contributed by atoms with E-state index in [1.165, 1.54) is 129 Å². The number of unbranched alkanes of at least 4 members (excludes halogenated alkanes) is 14. The van der Waals surface area contributed by atoms with Gasteiger partial charge in [0.2, 0.25) is 0 Å². The Hall–Kier alpha value is -0.660. The first-order valence-corrected chi connectivity index (χ1v) is 13.0. The van der Waals surface area contributed by atoms with E-state index in [9.17, 15) is 0 Å². The van der Waals surface area contributed by atoms with Crippen molar-refractivity contribution >= 4 is 0 Å². The molecule has 1 unspecified atom stereocenters. The van der Waals surface area contributed by atoms with Gasteiger partial charge in [-0.3, -0.25) is 0 Å². The predicted octanol–water partition coefficient (Wildman–Crippen LogP) is 8.48. The van der Waals surface area contributed by atoms with E-state index in [-0.39, 0.29) is 0 Å². The normalized spacial score (nSPS) is 16.5. The van der Waals surface area contributed by atoms with Crippen molar-refractivity contribution in [3.63, 3.8) is 0 Å². The summed E-state index contributed by atoms with van der Waals surface area (Å²) in [5, 5.41) is 0. The van der Waals surface area contributed by atoms with Crippen molar-refractivity contribution in [1.29, 1.82) is 0 Å². The maximum Gasteiger partial charge on any atom is 0.101 e. The van der Waals surface area contributed by atoms with Crippen molar-refractivity contribution in [2.24, 2.45) is 0 Å². The van der Waals surface area contributed by atoms with Gasteiger partial charge in [-0.15, -0.1) is 0 Å². The van der Waals surface area contributed by atoms with Crippen molar-refractivity contribution in [3.8, 4) is 0 Å². The Morgan fingerprint density at radius 2 is 0.821 bits per heavy atom. The largest absolute Gasteiger partial charge is 0.356 e. The first kappa shape index (κ1) is 25.4. The molecule has 1 heterocycles. The lowest BCUT2D eigenvalue weighted by Crippen LogP contribution is -2.39. The summed E-state index contributed by atoms with van der Waals surface area (Å²) in [6, 6.07) is 0. The van der Waals surface area contributed by atoms with E-state index in [0.29, 0.717) is 6.17 Å². The molecule has 0 saturated carbocycles. The zero-order valence-corrected chi connectivity index (χ0v) is 19.8. The van der Waals surface area contributed by atoms with Gasteiger partial charge in [0.1, 0.15) is 6.17 Å². The van der Waals surface area contributed by atoms with E-state index >= 15 is 0 Å². The van der Waals surface area contributed by atoms with Crippen molar-refractivity contribution in [2.75, 3.05) is 13.1 Å². The van der Waals surface area contributed by atoms with E-state index < -0.39 is 0 Å². The summed E-state index contributed by atoms with van der Waals surface area (Å²) in [7, 11) is 0. The number of hydrogen-bond donors (Lipinski definition) is 0. The van der Waals surface area contributed by atoms with Crippen LogP contribution in [-0.2, 0) is 0 Å². The maximum absolute atomic E-state index is 2.66. The van der Waals surface area contributed by atoms with Crippen LogP contribution in [0.25, 0.3) is 0 Å². The van der Waals surface area contributed by atoms with Gasteiger partial charge in [-0.05, 0) is 25.7 Å². The van der Waals surface area contributed by atoms with Gasteiger partial charge < -0.3 is 9.80 Å². The monoisotopic (exact) mass is 392 g/mol. The van der Waals surface area contributed by atoms with Gasteiger partial charge in [-0.25, -0.2) is 0 Å². The molecule has 0 bridgehead atoms. The topological polar surface area (TPSA) is 6.48 Å². The van der Waals surface area contributed by atoms with Gasteiger partial charge in [0.05, 0.1) is 0 Å². The molecule has 0 spiro atoms. The highest BCUT2D eigenvalue weighted by Crippen LogP contribution is 2.23. The number of rotatable bonds is 20. The molecule has 28 heavy (non-hydrogen) atoms. The summed E-state index contributed by atoms with van der Waals surface area (Å²) >= 11 is 0. The van der Waals surface area contributed by atoms with Crippen LogP contribution in [0.3, 0.4) is 0 Å². The first-order chi connectivity index (χ1) is 13.8. The molecule has 1 atom stereocenters. The quantitative estimate of drug-likeness (QED) is 0.192. The van der Waals surface area contributed by atoms with Crippen LogP contribution in [0.2, 0.25) is 0 Å². The summed E-state index contributed by atoms with van der Waals surface area (Å²) in [4.78, 5) is 5.32. The lowest BCUT2D eigenvalue weighted by Gasteiger charge is -2.33. The highest BCUT2D eigenvalue weighted by Gasteiger charge is 2.24. The van der Waals surface area contributed by atoms with Gasteiger partial charge in [0.25, 0.3) is 0 Å². The summed E-state index contributed by atoms with van der Waals surface area (Å²) < 4.78 is 0. The minimum atomic E-state index is 0.646. The molecule has 2 heteroatoms. The summed E-state index contributed by atoms with van der Waals surface area (Å²) in [5.41, 5.74) is 0. The molecule has 1 aliphatic heterocycles. The molecule has 0 amide bonds. The third kappa shape index (κ3) is 12.0.